The van der Waals surface area contributed by atoms with E-state index in [1.54, 1.807) is 30.3 Å². The molecule has 3 rings (SSSR count). The number of rotatable bonds is 5. The number of fused-ring (bicyclic) bond motifs is 1. The molecule has 0 unspecified atom stereocenters. The lowest BCUT2D eigenvalue weighted by atomic mass is 10.1. The zero-order chi connectivity index (χ0) is 21.4. The van der Waals surface area contributed by atoms with E-state index in [1.165, 1.54) is 15.6 Å². The molecule has 1 aromatic heterocycles. The Morgan fingerprint density at radius 3 is 2.31 bits per heavy atom. The molecule has 0 atom stereocenters. The smallest absolute Gasteiger partial charge is 0.264 e. The summed E-state index contributed by atoms with van der Waals surface area (Å²) in [5, 5.41) is 3.81. The topological polar surface area (TPSA) is 66.5 Å². The van der Waals surface area contributed by atoms with Gasteiger partial charge in [0, 0.05) is 16.8 Å². The van der Waals surface area contributed by atoms with Crippen molar-refractivity contribution in [1.29, 1.82) is 0 Å². The zero-order valence-electron chi connectivity index (χ0n) is 17.3. The number of carbonyl (C=O) groups is 1. The number of hydrogen-bond acceptors (Lipinski definition) is 4. The first-order valence-corrected chi connectivity index (χ1v) is 11.7. The fourth-order valence-corrected chi connectivity index (χ4v) is 5.43. The van der Waals surface area contributed by atoms with Crippen LogP contribution in [0.2, 0.25) is 0 Å². The molecule has 29 heavy (non-hydrogen) atoms. The van der Waals surface area contributed by atoms with Crippen LogP contribution in [0.4, 0.5) is 5.69 Å². The van der Waals surface area contributed by atoms with Crippen molar-refractivity contribution in [3.8, 4) is 0 Å². The minimum atomic E-state index is -3.67. The highest BCUT2D eigenvalue weighted by Gasteiger charge is 2.24. The van der Waals surface area contributed by atoms with Gasteiger partial charge in [-0.3, -0.25) is 9.10 Å². The predicted molar refractivity (Wildman–Crippen MR) is 120 cm³/mol. The third-order valence-electron chi connectivity index (χ3n) is 4.40. The Bertz CT molecular complexity index is 1140. The summed E-state index contributed by atoms with van der Waals surface area (Å²) in [7, 11) is -3.67. The van der Waals surface area contributed by atoms with Crippen molar-refractivity contribution >= 4 is 43.0 Å². The number of nitrogens with zero attached hydrogens (tertiary/aromatic N) is 1. The molecule has 1 amide bonds. The van der Waals surface area contributed by atoms with E-state index in [2.05, 4.69) is 5.32 Å². The number of anilines is 1. The molecule has 0 aliphatic rings. The van der Waals surface area contributed by atoms with E-state index in [0.717, 1.165) is 15.6 Å². The van der Waals surface area contributed by atoms with E-state index < -0.39 is 10.0 Å². The van der Waals surface area contributed by atoms with Crippen LogP contribution in [-0.4, -0.2) is 26.4 Å². The number of thiophene rings is 1. The van der Waals surface area contributed by atoms with Gasteiger partial charge in [-0.2, -0.15) is 0 Å². The molecular formula is C22H26N2O3S2. The molecular weight excluding hydrogens is 404 g/mol. The average molecular weight is 431 g/mol. The van der Waals surface area contributed by atoms with Crippen LogP contribution in [0, 0.1) is 6.92 Å². The highest BCUT2D eigenvalue weighted by atomic mass is 32.2. The van der Waals surface area contributed by atoms with E-state index in [4.69, 9.17) is 0 Å². The predicted octanol–water partition coefficient (Wildman–Crippen LogP) is 4.95. The second-order valence-corrected chi connectivity index (χ2v) is 11.0. The standard InChI is InChI=1S/C22H26N2O3S2/c1-6-24(29(26,27)18-10-7-15(2)8-11-18)17-9-12-19-16(13-17)14-20(28-19)21(25)23-22(3,4)5/h7-14H,6H2,1-5H3,(H,23,25). The summed E-state index contributed by atoms with van der Waals surface area (Å²) in [5.74, 6) is -0.125. The molecule has 0 saturated heterocycles. The Balaban J connectivity index is 1.97. The van der Waals surface area contributed by atoms with E-state index in [0.29, 0.717) is 17.1 Å². The largest absolute Gasteiger partial charge is 0.347 e. The highest BCUT2D eigenvalue weighted by molar-refractivity contribution is 7.92. The lowest BCUT2D eigenvalue weighted by Crippen LogP contribution is -2.40. The first-order valence-electron chi connectivity index (χ1n) is 9.47. The molecule has 0 fully saturated rings. The molecule has 0 saturated carbocycles. The quantitative estimate of drug-likeness (QED) is 0.623. The summed E-state index contributed by atoms with van der Waals surface area (Å²) in [5.41, 5.74) is 1.27. The molecule has 1 heterocycles. The average Bonchev–Trinajstić information content (AvgIpc) is 3.05. The Morgan fingerprint density at radius 2 is 1.72 bits per heavy atom. The van der Waals surface area contributed by atoms with E-state index in [-0.39, 0.29) is 16.3 Å². The summed E-state index contributed by atoms with van der Waals surface area (Å²) in [6, 6.07) is 14.2. The molecule has 0 radical (unpaired) electrons. The number of hydrogen-bond donors (Lipinski definition) is 1. The third kappa shape index (κ3) is 4.62. The number of carbonyl (C=O) groups excluding carboxylic acids is 1. The molecule has 7 heteroatoms. The summed E-state index contributed by atoms with van der Waals surface area (Å²) in [4.78, 5) is 13.3. The van der Waals surface area contributed by atoms with Crippen molar-refractivity contribution in [2.24, 2.45) is 0 Å². The number of nitrogens with one attached hydrogen (secondary N) is 1. The first kappa shape index (κ1) is 21.3. The molecule has 5 nitrogen and oxygen atoms in total. The van der Waals surface area contributed by atoms with Gasteiger partial charge < -0.3 is 5.32 Å². The van der Waals surface area contributed by atoms with Crippen LogP contribution in [0.25, 0.3) is 10.1 Å². The molecule has 0 spiro atoms. The van der Waals surface area contributed by atoms with Crippen molar-refractivity contribution in [3.05, 3.63) is 59.0 Å². The van der Waals surface area contributed by atoms with Crippen LogP contribution in [0.1, 0.15) is 42.9 Å². The summed E-state index contributed by atoms with van der Waals surface area (Å²) < 4.78 is 28.6. The van der Waals surface area contributed by atoms with Crippen LogP contribution in [0.15, 0.2) is 53.4 Å². The second kappa shape index (κ2) is 7.80. The Kier molecular flexibility index (Phi) is 5.74. The molecule has 2 aromatic carbocycles. The molecule has 0 aliphatic carbocycles. The van der Waals surface area contributed by atoms with Crippen LogP contribution in [0.3, 0.4) is 0 Å². The molecule has 0 aliphatic heterocycles. The molecule has 1 N–H and O–H groups in total. The lowest BCUT2D eigenvalue weighted by Gasteiger charge is -2.23. The van der Waals surface area contributed by atoms with E-state index in [1.807, 2.05) is 52.8 Å². The maximum Gasteiger partial charge on any atom is 0.264 e. The SMILES string of the molecule is CCN(c1ccc2sc(C(=O)NC(C)(C)C)cc2c1)S(=O)(=O)c1ccc(C)cc1. The Hall–Kier alpha value is -2.38. The first-order chi connectivity index (χ1) is 13.5. The number of amides is 1. The van der Waals surface area contributed by atoms with Gasteiger partial charge in [0.1, 0.15) is 0 Å². The summed E-state index contributed by atoms with van der Waals surface area (Å²) >= 11 is 1.40. The molecule has 154 valence electrons. The van der Waals surface area contributed by atoms with Gasteiger partial charge in [-0.15, -0.1) is 11.3 Å². The molecule has 0 bridgehead atoms. The van der Waals surface area contributed by atoms with Crippen LogP contribution in [0.5, 0.6) is 0 Å². The van der Waals surface area contributed by atoms with E-state index in [9.17, 15) is 13.2 Å². The van der Waals surface area contributed by atoms with Gasteiger partial charge in [-0.05, 0) is 76.4 Å². The second-order valence-electron chi connectivity index (χ2n) is 8.02. The van der Waals surface area contributed by atoms with Gasteiger partial charge in [-0.25, -0.2) is 8.42 Å². The Morgan fingerprint density at radius 1 is 1.07 bits per heavy atom. The number of aryl methyl sites for hydroxylation is 1. The summed E-state index contributed by atoms with van der Waals surface area (Å²) in [6.07, 6.45) is 0. The number of benzene rings is 2. The van der Waals surface area contributed by atoms with Crippen LogP contribution in [-0.2, 0) is 10.0 Å². The van der Waals surface area contributed by atoms with Gasteiger partial charge in [0.2, 0.25) is 0 Å². The minimum Gasteiger partial charge on any atom is -0.347 e. The Labute approximate surface area is 176 Å². The zero-order valence-corrected chi connectivity index (χ0v) is 18.9. The van der Waals surface area contributed by atoms with Gasteiger partial charge in [0.05, 0.1) is 15.5 Å². The summed E-state index contributed by atoms with van der Waals surface area (Å²) in [6.45, 7) is 9.85. The third-order valence-corrected chi connectivity index (χ3v) is 7.43. The van der Waals surface area contributed by atoms with E-state index >= 15 is 0 Å². The van der Waals surface area contributed by atoms with Gasteiger partial charge in [-0.1, -0.05) is 17.7 Å². The number of sulfonamides is 1. The van der Waals surface area contributed by atoms with Gasteiger partial charge >= 0.3 is 0 Å². The van der Waals surface area contributed by atoms with Crippen molar-refractivity contribution in [1.82, 2.24) is 5.32 Å². The van der Waals surface area contributed by atoms with Crippen molar-refractivity contribution in [3.63, 3.8) is 0 Å². The monoisotopic (exact) mass is 430 g/mol. The van der Waals surface area contributed by atoms with Crippen LogP contribution >= 0.6 is 11.3 Å². The fourth-order valence-electron chi connectivity index (χ4n) is 3.03. The lowest BCUT2D eigenvalue weighted by molar-refractivity contribution is 0.0924. The fraction of sp³-hybridized carbons (Fsp3) is 0.318. The maximum atomic E-state index is 13.1. The molecule has 3 aromatic rings. The minimum absolute atomic E-state index is 0.125. The highest BCUT2D eigenvalue weighted by Crippen LogP contribution is 2.32. The van der Waals surface area contributed by atoms with Gasteiger partial charge in [0.25, 0.3) is 15.9 Å². The van der Waals surface area contributed by atoms with Gasteiger partial charge in [0.15, 0.2) is 0 Å². The van der Waals surface area contributed by atoms with Crippen molar-refractivity contribution < 1.29 is 13.2 Å². The van der Waals surface area contributed by atoms with Crippen molar-refractivity contribution in [2.45, 2.75) is 45.1 Å². The van der Waals surface area contributed by atoms with Crippen molar-refractivity contribution in [2.75, 3.05) is 10.8 Å². The maximum absolute atomic E-state index is 13.1. The van der Waals surface area contributed by atoms with Crippen LogP contribution < -0.4 is 9.62 Å². The normalized spacial score (nSPS) is 12.2.